The van der Waals surface area contributed by atoms with Crippen molar-refractivity contribution in [3.8, 4) is 0 Å². The van der Waals surface area contributed by atoms with E-state index in [9.17, 15) is 10.2 Å². The molecule has 0 bridgehead atoms. The van der Waals surface area contributed by atoms with Crippen molar-refractivity contribution in [3.05, 3.63) is 0 Å². The van der Waals surface area contributed by atoms with Gasteiger partial charge in [0.2, 0.25) is 0 Å². The van der Waals surface area contributed by atoms with Crippen LogP contribution in [0.4, 0.5) is 0 Å². The molecule has 2 saturated heterocycles. The maximum atomic E-state index is 10.4. The quantitative estimate of drug-likeness (QED) is 0.0562. The Bertz CT molecular complexity index is 1410. The minimum absolute atomic E-state index is 0.0102. The van der Waals surface area contributed by atoms with E-state index in [1.54, 1.807) is 0 Å². The van der Waals surface area contributed by atoms with E-state index in [0.29, 0.717) is 113 Å². The fraction of sp³-hybridized carbons (Fsp3) is 1.00. The van der Waals surface area contributed by atoms with Gasteiger partial charge in [0.15, 0.2) is 0 Å². The van der Waals surface area contributed by atoms with Crippen molar-refractivity contribution in [2.45, 2.75) is 270 Å². The van der Waals surface area contributed by atoms with Gasteiger partial charge in [0, 0.05) is 39.6 Å². The molecule has 0 aromatic carbocycles. The molecule has 0 aromatic rings. The Morgan fingerprint density at radius 3 is 1.03 bits per heavy atom. The first-order valence-corrected chi connectivity index (χ1v) is 31.6. The Balaban J connectivity index is 1.13. The molecule has 6 fully saturated rings. The number of hydrogen-bond donors (Lipinski definition) is 2. The van der Waals surface area contributed by atoms with E-state index >= 15 is 0 Å². The van der Waals surface area contributed by atoms with E-state index in [0.717, 1.165) is 168 Å². The van der Waals surface area contributed by atoms with Crippen LogP contribution < -0.4 is 0 Å². The van der Waals surface area contributed by atoms with Crippen molar-refractivity contribution >= 4 is 0 Å². The minimum atomic E-state index is -0.189. The molecular formula is C62H114O12. The summed E-state index contributed by atoms with van der Waals surface area (Å²) in [4.78, 5) is 0. The van der Waals surface area contributed by atoms with E-state index in [4.69, 9.17) is 47.4 Å². The maximum Gasteiger partial charge on any atom is 0.0845 e. The number of aliphatic hydroxyl groups is 2. The van der Waals surface area contributed by atoms with Gasteiger partial charge in [-0.15, -0.1) is 0 Å². The third-order valence-electron chi connectivity index (χ3n) is 18.3. The number of aliphatic hydroxyl groups excluding tert-OH is 2. The van der Waals surface area contributed by atoms with Crippen molar-refractivity contribution in [1.82, 2.24) is 0 Å². The van der Waals surface area contributed by atoms with E-state index in [-0.39, 0.29) is 48.5 Å². The number of fused-ring (bicyclic) bond motifs is 2. The minimum Gasteiger partial charge on any atom is -0.393 e. The molecule has 12 nitrogen and oxygen atoms in total. The Kier molecular flexibility index (Phi) is 30.5. The molecule has 0 radical (unpaired) electrons. The molecule has 0 spiro atoms. The lowest BCUT2D eigenvalue weighted by molar-refractivity contribution is -0.0881. The summed E-state index contributed by atoms with van der Waals surface area (Å²) in [5.74, 6) is 3.16. The van der Waals surface area contributed by atoms with Gasteiger partial charge in [-0.25, -0.2) is 0 Å². The highest BCUT2D eigenvalue weighted by atomic mass is 16.6. The van der Waals surface area contributed by atoms with Crippen LogP contribution in [0, 0.1) is 47.3 Å². The van der Waals surface area contributed by atoms with Gasteiger partial charge >= 0.3 is 0 Å². The summed E-state index contributed by atoms with van der Waals surface area (Å²) in [5, 5.41) is 20.7. The Morgan fingerprint density at radius 2 is 0.703 bits per heavy atom. The first kappa shape index (κ1) is 62.7. The fourth-order valence-corrected chi connectivity index (χ4v) is 12.8. The van der Waals surface area contributed by atoms with Gasteiger partial charge in [0.25, 0.3) is 0 Å². The van der Waals surface area contributed by atoms with E-state index in [1.807, 2.05) is 0 Å². The van der Waals surface area contributed by atoms with E-state index < -0.39 is 0 Å². The highest BCUT2D eigenvalue weighted by Gasteiger charge is 2.45. The van der Waals surface area contributed by atoms with Crippen LogP contribution in [-0.4, -0.2) is 151 Å². The predicted octanol–water partition coefficient (Wildman–Crippen LogP) is 12.1. The van der Waals surface area contributed by atoms with Gasteiger partial charge < -0.3 is 57.6 Å². The highest BCUT2D eigenvalue weighted by Crippen LogP contribution is 2.41. The molecule has 6 rings (SSSR count). The summed E-state index contributed by atoms with van der Waals surface area (Å²) in [6, 6.07) is 0. The van der Waals surface area contributed by atoms with Gasteiger partial charge in [0.05, 0.1) is 101 Å². The molecule has 0 aromatic heterocycles. The maximum absolute atomic E-state index is 10.4. The first-order chi connectivity index (χ1) is 36.1. The predicted molar refractivity (Wildman–Crippen MR) is 294 cm³/mol. The number of hydrogen-bond acceptors (Lipinski definition) is 12. The summed E-state index contributed by atoms with van der Waals surface area (Å²) < 4.78 is 65.5. The molecule has 12 heteroatoms. The van der Waals surface area contributed by atoms with Crippen LogP contribution in [0.25, 0.3) is 0 Å². The molecule has 74 heavy (non-hydrogen) atoms. The molecule has 18 atom stereocenters. The van der Waals surface area contributed by atoms with Crippen molar-refractivity contribution in [2.24, 2.45) is 47.3 Å². The zero-order valence-corrected chi connectivity index (χ0v) is 48.2. The Labute approximate surface area is 452 Å². The van der Waals surface area contributed by atoms with Crippen molar-refractivity contribution < 1.29 is 57.6 Å². The molecular weight excluding hydrogens is 937 g/mol. The third-order valence-corrected chi connectivity index (χ3v) is 18.3. The number of epoxide rings is 2. The molecule has 18 unspecified atom stereocenters. The second-order valence-electron chi connectivity index (χ2n) is 24.9. The Hall–Kier alpha value is -0.480. The second-order valence-corrected chi connectivity index (χ2v) is 24.9. The zero-order valence-electron chi connectivity index (χ0n) is 48.2. The average Bonchev–Trinajstić information content (AvgIpc) is 4.35. The van der Waals surface area contributed by atoms with Crippen LogP contribution in [0.3, 0.4) is 0 Å². The summed E-state index contributed by atoms with van der Waals surface area (Å²) >= 11 is 0. The highest BCUT2D eigenvalue weighted by molar-refractivity contribution is 4.93. The van der Waals surface area contributed by atoms with Crippen LogP contribution in [0.15, 0.2) is 0 Å². The van der Waals surface area contributed by atoms with Gasteiger partial charge in [-0.2, -0.15) is 0 Å². The van der Waals surface area contributed by atoms with Gasteiger partial charge in [-0.05, 0) is 163 Å². The second kappa shape index (κ2) is 36.0. The third kappa shape index (κ3) is 24.1. The monoisotopic (exact) mass is 1050 g/mol. The topological polar surface area (TPSA) is 139 Å². The van der Waals surface area contributed by atoms with Crippen LogP contribution in [0.5, 0.6) is 0 Å². The SMILES string of the molecule is CCCCC(COCC1CCC(O)C(C)C1)OCCC(COC(CCCC)COCC1CCC(O)C(C)C1)C(CCOC(CCCC)COCC1CCC2OC2C1)COC(CCCC)COCC1CCC2OC2C1. The van der Waals surface area contributed by atoms with E-state index in [2.05, 4.69) is 41.5 Å². The summed E-state index contributed by atoms with van der Waals surface area (Å²) in [7, 11) is 0. The molecule has 0 amide bonds. The van der Waals surface area contributed by atoms with Crippen molar-refractivity contribution in [1.29, 1.82) is 0 Å². The lowest BCUT2D eigenvalue weighted by atomic mass is 9.81. The smallest absolute Gasteiger partial charge is 0.0845 e. The number of unbranched alkanes of at least 4 members (excludes halogenated alkanes) is 4. The molecule has 4 saturated carbocycles. The lowest BCUT2D eigenvalue weighted by Crippen LogP contribution is -2.34. The molecule has 4 aliphatic carbocycles. The first-order valence-electron chi connectivity index (χ1n) is 31.6. The van der Waals surface area contributed by atoms with Gasteiger partial charge in [0.1, 0.15) is 0 Å². The van der Waals surface area contributed by atoms with Crippen LogP contribution in [0.2, 0.25) is 0 Å². The number of ether oxygens (including phenoxy) is 10. The normalized spacial score (nSPS) is 32.3. The summed E-state index contributed by atoms with van der Waals surface area (Å²) in [5.41, 5.74) is 0. The molecule has 2 N–H and O–H groups in total. The fourth-order valence-electron chi connectivity index (χ4n) is 12.8. The van der Waals surface area contributed by atoms with Crippen LogP contribution >= 0.6 is 0 Å². The molecule has 434 valence electrons. The van der Waals surface area contributed by atoms with Crippen LogP contribution in [-0.2, 0) is 47.4 Å². The average molecular weight is 1050 g/mol. The standard InChI is InChI=1S/C62H114O12/c1-7-11-15-53(41-65-35-47-19-23-57(63)45(5)31-47)69-29-27-51(39-71-55(17-13-9-3)43-66-36-48-20-24-58(64)46(6)32-48)52(40-72-56(18-14-10-4)44-68-38-50-22-26-60-62(34-50)74-60)28-30-70-54(16-12-8-2)42-67-37-49-21-25-59-61(33-49)73-59/h45-64H,7-44H2,1-6H3. The molecule has 6 aliphatic rings. The van der Waals surface area contributed by atoms with Crippen LogP contribution in [0.1, 0.15) is 208 Å². The Morgan fingerprint density at radius 1 is 0.378 bits per heavy atom. The largest absolute Gasteiger partial charge is 0.393 e. The number of rotatable bonds is 43. The molecule has 2 aliphatic heterocycles. The summed E-state index contributed by atoms with van der Waals surface area (Å²) in [6.07, 6.45) is 29.1. The lowest BCUT2D eigenvalue weighted by Gasteiger charge is -2.32. The van der Waals surface area contributed by atoms with Crippen molar-refractivity contribution in [2.75, 3.05) is 79.3 Å². The van der Waals surface area contributed by atoms with Gasteiger partial charge in [-0.1, -0.05) is 92.9 Å². The molecule has 2 heterocycles. The van der Waals surface area contributed by atoms with Gasteiger partial charge in [-0.3, -0.25) is 0 Å². The zero-order chi connectivity index (χ0) is 52.3. The van der Waals surface area contributed by atoms with E-state index in [1.165, 1.54) is 25.7 Å². The van der Waals surface area contributed by atoms with Crippen molar-refractivity contribution in [3.63, 3.8) is 0 Å². The summed E-state index contributed by atoms with van der Waals surface area (Å²) in [6.45, 7) is 21.4.